The van der Waals surface area contributed by atoms with Crippen LogP contribution in [0.5, 0.6) is 0 Å². The smallest absolute Gasteiger partial charge is 0.324 e. The summed E-state index contributed by atoms with van der Waals surface area (Å²) in [5.74, 6) is -0.463. The van der Waals surface area contributed by atoms with Gasteiger partial charge in [0.15, 0.2) is 0 Å². The zero-order chi connectivity index (χ0) is 9.78. The number of carbonyl (C=O) groups is 1. The van der Waals surface area contributed by atoms with Crippen LogP contribution in [-0.2, 0) is 4.79 Å². The number of nitrogens with two attached hydrogens (primary N) is 1. The van der Waals surface area contributed by atoms with E-state index in [-0.39, 0.29) is 0 Å². The van der Waals surface area contributed by atoms with Gasteiger partial charge in [0.25, 0.3) is 0 Å². The molecule has 72 valence electrons. The maximum absolute atomic E-state index is 10.6. The lowest BCUT2D eigenvalue weighted by molar-refractivity contribution is -0.141. The molecule has 0 aromatic rings. The van der Waals surface area contributed by atoms with E-state index >= 15 is 0 Å². The summed E-state index contributed by atoms with van der Waals surface area (Å²) in [4.78, 5) is 10.6. The molecule has 0 fully saturated rings. The predicted octanol–water partition coefficient (Wildman–Crippen LogP) is 1.32. The minimum absolute atomic E-state index is 0.470. The molecule has 3 N–H and O–H groups in total. The number of carboxylic acid groups (broad SMARTS) is 1. The van der Waals surface area contributed by atoms with Crippen molar-refractivity contribution in [2.45, 2.75) is 38.0 Å². The van der Waals surface area contributed by atoms with Gasteiger partial charge in [-0.3, -0.25) is 4.79 Å². The van der Waals surface area contributed by atoms with Crippen LogP contribution < -0.4 is 5.73 Å². The second-order valence-electron chi connectivity index (χ2n) is 3.25. The van der Waals surface area contributed by atoms with E-state index in [1.165, 1.54) is 0 Å². The Balaban J connectivity index is 3.83. The fraction of sp³-hybridized carbons (Fsp3) is 0.875. The van der Waals surface area contributed by atoms with Gasteiger partial charge in [0.05, 0.1) is 0 Å². The van der Waals surface area contributed by atoms with Crippen molar-refractivity contribution in [3.05, 3.63) is 0 Å². The molecule has 0 bridgehead atoms. The minimum atomic E-state index is -1.09. The monoisotopic (exact) mass is 191 g/mol. The largest absolute Gasteiger partial charge is 0.480 e. The van der Waals surface area contributed by atoms with E-state index in [4.69, 9.17) is 10.8 Å². The first-order valence-electron chi connectivity index (χ1n) is 4.04. The van der Waals surface area contributed by atoms with E-state index in [0.717, 1.165) is 6.42 Å². The molecule has 4 heteroatoms. The minimum Gasteiger partial charge on any atom is -0.480 e. The first kappa shape index (κ1) is 11.8. The molecule has 2 atom stereocenters. The molecule has 2 unspecified atom stereocenters. The van der Waals surface area contributed by atoms with Crippen LogP contribution in [0.2, 0.25) is 0 Å². The molecular weight excluding hydrogens is 174 g/mol. The van der Waals surface area contributed by atoms with Gasteiger partial charge in [0.2, 0.25) is 0 Å². The number of aliphatic carboxylic acids is 1. The summed E-state index contributed by atoms with van der Waals surface area (Å²) in [5, 5.41) is 9.17. The quantitative estimate of drug-likeness (QED) is 0.688. The zero-order valence-electron chi connectivity index (χ0n) is 7.83. The Bertz CT molecular complexity index is 159. The van der Waals surface area contributed by atoms with Gasteiger partial charge in [-0.05, 0) is 13.3 Å². The zero-order valence-corrected chi connectivity index (χ0v) is 8.65. The fourth-order valence-electron chi connectivity index (χ4n) is 0.495. The van der Waals surface area contributed by atoms with E-state index in [1.54, 1.807) is 18.7 Å². The summed E-state index contributed by atoms with van der Waals surface area (Å²) in [6, 6.07) is 0. The first-order valence-corrected chi connectivity index (χ1v) is 5.09. The summed E-state index contributed by atoms with van der Waals surface area (Å²) >= 11 is 1.61. The molecule has 0 saturated carbocycles. The average Bonchev–Trinajstić information content (AvgIpc) is 2.00. The van der Waals surface area contributed by atoms with Gasteiger partial charge in [0, 0.05) is 11.0 Å². The predicted molar refractivity (Wildman–Crippen MR) is 52.4 cm³/mol. The van der Waals surface area contributed by atoms with Crippen LogP contribution >= 0.6 is 11.8 Å². The molecule has 0 aromatic carbocycles. The van der Waals surface area contributed by atoms with Crippen LogP contribution in [0, 0.1) is 0 Å². The lowest BCUT2D eigenvalue weighted by Crippen LogP contribution is -2.47. The Morgan fingerprint density at radius 3 is 2.58 bits per heavy atom. The molecule has 0 aliphatic heterocycles. The van der Waals surface area contributed by atoms with E-state index in [0.29, 0.717) is 11.0 Å². The Kier molecular flexibility index (Phi) is 4.63. The normalized spacial score (nSPS) is 18.3. The van der Waals surface area contributed by atoms with E-state index in [1.807, 2.05) is 0 Å². The van der Waals surface area contributed by atoms with Gasteiger partial charge < -0.3 is 10.8 Å². The number of carboxylic acids is 1. The van der Waals surface area contributed by atoms with E-state index < -0.39 is 11.5 Å². The molecule has 0 aliphatic rings. The van der Waals surface area contributed by atoms with Crippen molar-refractivity contribution in [1.29, 1.82) is 0 Å². The molecule has 12 heavy (non-hydrogen) atoms. The standard InChI is InChI=1S/C8H17NO2S/c1-4-6(2)12-5-8(3,9)7(10)11/h6H,4-5,9H2,1-3H3,(H,10,11). The van der Waals surface area contributed by atoms with Gasteiger partial charge in [-0.2, -0.15) is 11.8 Å². The van der Waals surface area contributed by atoms with Crippen LogP contribution in [-0.4, -0.2) is 27.6 Å². The van der Waals surface area contributed by atoms with Crippen molar-refractivity contribution < 1.29 is 9.90 Å². The number of hydrogen-bond donors (Lipinski definition) is 2. The summed E-state index contributed by atoms with van der Waals surface area (Å²) in [5.41, 5.74) is 4.45. The fourth-order valence-corrected chi connectivity index (χ4v) is 1.48. The Morgan fingerprint density at radius 1 is 1.75 bits per heavy atom. The highest BCUT2D eigenvalue weighted by molar-refractivity contribution is 7.99. The third kappa shape index (κ3) is 3.97. The van der Waals surface area contributed by atoms with Crippen LogP contribution in [0.25, 0.3) is 0 Å². The van der Waals surface area contributed by atoms with Crippen molar-refractivity contribution >= 4 is 17.7 Å². The van der Waals surface area contributed by atoms with Crippen LogP contribution in [0.4, 0.5) is 0 Å². The van der Waals surface area contributed by atoms with Crippen molar-refractivity contribution in [2.24, 2.45) is 5.73 Å². The maximum atomic E-state index is 10.6. The van der Waals surface area contributed by atoms with Gasteiger partial charge in [-0.15, -0.1) is 0 Å². The maximum Gasteiger partial charge on any atom is 0.324 e. The molecule has 0 spiro atoms. The molecular formula is C8H17NO2S. The number of rotatable bonds is 5. The van der Waals surface area contributed by atoms with Gasteiger partial charge >= 0.3 is 5.97 Å². The van der Waals surface area contributed by atoms with Crippen molar-refractivity contribution in [1.82, 2.24) is 0 Å². The van der Waals surface area contributed by atoms with Crippen molar-refractivity contribution in [3.63, 3.8) is 0 Å². The Labute approximate surface area is 77.7 Å². The molecule has 0 radical (unpaired) electrons. The van der Waals surface area contributed by atoms with Crippen LogP contribution in [0.3, 0.4) is 0 Å². The van der Waals surface area contributed by atoms with Crippen molar-refractivity contribution in [2.75, 3.05) is 5.75 Å². The number of hydrogen-bond acceptors (Lipinski definition) is 3. The SMILES string of the molecule is CCC(C)SCC(C)(N)C(=O)O. The summed E-state index contributed by atoms with van der Waals surface area (Å²) in [6.07, 6.45) is 1.04. The third-order valence-electron chi connectivity index (χ3n) is 1.73. The lowest BCUT2D eigenvalue weighted by Gasteiger charge is -2.20. The highest BCUT2D eigenvalue weighted by atomic mass is 32.2. The second kappa shape index (κ2) is 4.72. The van der Waals surface area contributed by atoms with E-state index in [2.05, 4.69) is 13.8 Å². The molecule has 0 saturated heterocycles. The molecule has 0 amide bonds. The molecule has 0 aromatic heterocycles. The lowest BCUT2D eigenvalue weighted by atomic mass is 10.1. The van der Waals surface area contributed by atoms with E-state index in [9.17, 15) is 4.79 Å². The molecule has 0 rings (SSSR count). The Morgan fingerprint density at radius 2 is 2.25 bits per heavy atom. The first-order chi connectivity index (χ1) is 5.40. The van der Waals surface area contributed by atoms with Gasteiger partial charge in [0.1, 0.15) is 5.54 Å². The summed E-state index contributed by atoms with van der Waals surface area (Å²) in [6.45, 7) is 5.69. The van der Waals surface area contributed by atoms with Crippen molar-refractivity contribution in [3.8, 4) is 0 Å². The summed E-state index contributed by atoms with van der Waals surface area (Å²) in [7, 11) is 0. The summed E-state index contributed by atoms with van der Waals surface area (Å²) < 4.78 is 0. The molecule has 0 aliphatic carbocycles. The molecule has 0 heterocycles. The Hall–Kier alpha value is -0.220. The van der Waals surface area contributed by atoms with Crippen LogP contribution in [0.15, 0.2) is 0 Å². The second-order valence-corrected chi connectivity index (χ2v) is 4.68. The average molecular weight is 191 g/mol. The van der Waals surface area contributed by atoms with Crippen LogP contribution in [0.1, 0.15) is 27.2 Å². The highest BCUT2D eigenvalue weighted by Crippen LogP contribution is 2.18. The third-order valence-corrected chi connectivity index (χ3v) is 3.40. The van der Waals surface area contributed by atoms with Gasteiger partial charge in [-0.25, -0.2) is 0 Å². The highest BCUT2D eigenvalue weighted by Gasteiger charge is 2.28. The molecule has 3 nitrogen and oxygen atoms in total. The van der Waals surface area contributed by atoms with Gasteiger partial charge in [-0.1, -0.05) is 13.8 Å². The number of thioether (sulfide) groups is 1. The topological polar surface area (TPSA) is 63.3 Å².